The predicted molar refractivity (Wildman–Crippen MR) is 65.3 cm³/mol. The summed E-state index contributed by atoms with van der Waals surface area (Å²) in [6.07, 6.45) is 7.17. The topological polar surface area (TPSA) is 56.1 Å². The highest BCUT2D eigenvalue weighted by atomic mass is 16.4. The maximum atomic E-state index is 9.51. The summed E-state index contributed by atoms with van der Waals surface area (Å²) in [7, 11) is 0. The Bertz CT molecular complexity index is 319. The smallest absolute Gasteiger partial charge is 0.0775 e. The van der Waals surface area contributed by atoms with E-state index in [1.807, 2.05) is 0 Å². The van der Waals surface area contributed by atoms with Crippen molar-refractivity contribution in [1.29, 1.82) is 0 Å². The molecule has 4 nitrogen and oxygen atoms in total. The zero-order chi connectivity index (χ0) is 11.8. The third-order valence-corrected chi connectivity index (χ3v) is 5.00. The molecule has 17 heavy (non-hydrogen) atoms. The highest BCUT2D eigenvalue weighted by molar-refractivity contribution is 5.94. The number of fused-ring (bicyclic) bond motifs is 2. The minimum absolute atomic E-state index is 0.243. The Morgan fingerprint density at radius 3 is 2.88 bits per heavy atom. The Balaban J connectivity index is 1.82. The summed E-state index contributed by atoms with van der Waals surface area (Å²) >= 11 is 0. The molecular weight excluding hydrogens is 216 g/mol. The first-order valence-electron chi connectivity index (χ1n) is 6.93. The predicted octanol–water partition coefficient (Wildman–Crippen LogP) is 1.46. The molecule has 4 atom stereocenters. The van der Waals surface area contributed by atoms with Crippen molar-refractivity contribution in [3.8, 4) is 0 Å². The van der Waals surface area contributed by atoms with E-state index >= 15 is 0 Å². The van der Waals surface area contributed by atoms with Crippen LogP contribution in [0, 0.1) is 11.8 Å². The quantitative estimate of drug-likeness (QED) is 0.565. The van der Waals surface area contributed by atoms with E-state index in [0.29, 0.717) is 17.9 Å². The lowest BCUT2D eigenvalue weighted by Crippen LogP contribution is -2.53. The lowest BCUT2D eigenvalue weighted by Gasteiger charge is -2.42. The van der Waals surface area contributed by atoms with Gasteiger partial charge in [0.05, 0.1) is 18.4 Å². The monoisotopic (exact) mass is 238 g/mol. The molecule has 4 heteroatoms. The Morgan fingerprint density at radius 2 is 2.12 bits per heavy atom. The van der Waals surface area contributed by atoms with Crippen LogP contribution in [-0.2, 0) is 0 Å². The standard InChI is InChI=1S/C13H22N2O2/c16-8-11-3-1-2-6-15(11)13-10-5-4-9(7-10)12(13)14-17/h9-11,13,16-17H,1-8H2/b14-12-/t9-,10+,11-,13+/m0/s1. The number of aliphatic hydroxyl groups is 1. The van der Waals surface area contributed by atoms with Crippen LogP contribution in [0.4, 0.5) is 0 Å². The third kappa shape index (κ3) is 1.78. The van der Waals surface area contributed by atoms with Crippen molar-refractivity contribution in [3.63, 3.8) is 0 Å². The minimum Gasteiger partial charge on any atom is -0.411 e. The lowest BCUT2D eigenvalue weighted by atomic mass is 9.89. The molecule has 3 aliphatic rings. The van der Waals surface area contributed by atoms with Crippen LogP contribution in [0.25, 0.3) is 0 Å². The number of nitrogens with zero attached hydrogens (tertiary/aromatic N) is 2. The van der Waals surface area contributed by atoms with Gasteiger partial charge in [-0.05, 0) is 44.6 Å². The molecule has 0 spiro atoms. The molecule has 0 aromatic carbocycles. The zero-order valence-electron chi connectivity index (χ0n) is 10.3. The molecule has 3 rings (SSSR count). The van der Waals surface area contributed by atoms with Crippen LogP contribution in [0.5, 0.6) is 0 Å². The highest BCUT2D eigenvalue weighted by Crippen LogP contribution is 2.46. The van der Waals surface area contributed by atoms with E-state index < -0.39 is 0 Å². The molecule has 0 radical (unpaired) electrons. The van der Waals surface area contributed by atoms with Crippen molar-refractivity contribution >= 4 is 5.71 Å². The first-order valence-corrected chi connectivity index (χ1v) is 6.93. The molecule has 1 heterocycles. The van der Waals surface area contributed by atoms with E-state index in [1.54, 1.807) is 0 Å². The van der Waals surface area contributed by atoms with Gasteiger partial charge in [0.25, 0.3) is 0 Å². The van der Waals surface area contributed by atoms with Crippen molar-refractivity contribution < 1.29 is 10.3 Å². The second-order valence-electron chi connectivity index (χ2n) is 5.81. The van der Waals surface area contributed by atoms with Crippen LogP contribution < -0.4 is 0 Å². The molecule has 1 aliphatic heterocycles. The Labute approximate surface area is 102 Å². The summed E-state index contributed by atoms with van der Waals surface area (Å²) < 4.78 is 0. The molecule has 2 N–H and O–H groups in total. The fraction of sp³-hybridized carbons (Fsp3) is 0.923. The second-order valence-corrected chi connectivity index (χ2v) is 5.81. The molecule has 1 saturated heterocycles. The number of rotatable bonds is 2. The molecule has 2 saturated carbocycles. The largest absolute Gasteiger partial charge is 0.411 e. The molecule has 2 aliphatic carbocycles. The summed E-state index contributed by atoms with van der Waals surface area (Å²) in [4.78, 5) is 2.42. The summed E-state index contributed by atoms with van der Waals surface area (Å²) in [5.74, 6) is 1.18. The third-order valence-electron chi connectivity index (χ3n) is 5.00. The normalized spacial score (nSPS) is 44.6. The molecule has 0 unspecified atom stereocenters. The summed E-state index contributed by atoms with van der Waals surface area (Å²) in [6, 6.07) is 0.598. The van der Waals surface area contributed by atoms with Gasteiger partial charge < -0.3 is 10.3 Å². The van der Waals surface area contributed by atoms with Gasteiger partial charge in [0.2, 0.25) is 0 Å². The van der Waals surface area contributed by atoms with Crippen LogP contribution in [0.15, 0.2) is 5.16 Å². The number of likely N-dealkylation sites (tertiary alicyclic amines) is 1. The molecule has 3 fully saturated rings. The second kappa shape index (κ2) is 4.58. The van der Waals surface area contributed by atoms with Gasteiger partial charge in [-0.3, -0.25) is 4.90 Å². The van der Waals surface area contributed by atoms with Gasteiger partial charge in [-0.2, -0.15) is 0 Å². The van der Waals surface area contributed by atoms with Gasteiger partial charge in [0, 0.05) is 12.0 Å². The van der Waals surface area contributed by atoms with Crippen molar-refractivity contribution in [1.82, 2.24) is 4.90 Å². The van der Waals surface area contributed by atoms with Gasteiger partial charge in [0.15, 0.2) is 0 Å². The van der Waals surface area contributed by atoms with Crippen LogP contribution in [0.2, 0.25) is 0 Å². The van der Waals surface area contributed by atoms with E-state index in [1.165, 1.54) is 32.1 Å². The van der Waals surface area contributed by atoms with Gasteiger partial charge in [-0.25, -0.2) is 0 Å². The molecular formula is C13H22N2O2. The van der Waals surface area contributed by atoms with Crippen molar-refractivity contribution in [2.75, 3.05) is 13.2 Å². The van der Waals surface area contributed by atoms with Crippen LogP contribution in [0.1, 0.15) is 38.5 Å². The van der Waals surface area contributed by atoms with Crippen molar-refractivity contribution in [2.24, 2.45) is 17.0 Å². The maximum absolute atomic E-state index is 9.51. The summed E-state index contributed by atoms with van der Waals surface area (Å²) in [6.45, 7) is 1.30. The van der Waals surface area contributed by atoms with E-state index in [2.05, 4.69) is 10.1 Å². The SMILES string of the molecule is OC[C@@H]1CCCCN1[C@H]1/C(=N\O)[C@H]2CC[C@@H]1C2. The number of piperidine rings is 1. The zero-order valence-corrected chi connectivity index (χ0v) is 10.3. The average Bonchev–Trinajstić information content (AvgIpc) is 2.98. The summed E-state index contributed by atoms with van der Waals surface area (Å²) in [5, 5.41) is 22.3. The van der Waals surface area contributed by atoms with Gasteiger partial charge in [-0.1, -0.05) is 11.6 Å². The molecule has 0 aromatic rings. The van der Waals surface area contributed by atoms with Crippen molar-refractivity contribution in [3.05, 3.63) is 0 Å². The van der Waals surface area contributed by atoms with E-state index in [0.717, 1.165) is 18.7 Å². The van der Waals surface area contributed by atoms with Crippen LogP contribution >= 0.6 is 0 Å². The van der Waals surface area contributed by atoms with Gasteiger partial charge in [-0.15, -0.1) is 0 Å². The van der Waals surface area contributed by atoms with E-state index in [9.17, 15) is 10.3 Å². The number of hydrogen-bond acceptors (Lipinski definition) is 4. The fourth-order valence-corrected chi connectivity index (χ4v) is 4.22. The number of aliphatic hydroxyl groups excluding tert-OH is 1. The van der Waals surface area contributed by atoms with E-state index in [-0.39, 0.29) is 12.6 Å². The molecule has 0 aromatic heterocycles. The maximum Gasteiger partial charge on any atom is 0.0775 e. The molecule has 2 bridgehead atoms. The summed E-state index contributed by atoms with van der Waals surface area (Å²) in [5.41, 5.74) is 1.00. The van der Waals surface area contributed by atoms with Crippen LogP contribution in [-0.4, -0.2) is 46.2 Å². The molecule has 96 valence electrons. The lowest BCUT2D eigenvalue weighted by molar-refractivity contribution is 0.0573. The van der Waals surface area contributed by atoms with Crippen molar-refractivity contribution in [2.45, 2.75) is 50.6 Å². The number of oxime groups is 1. The Kier molecular flexibility index (Phi) is 3.09. The number of hydrogen-bond donors (Lipinski definition) is 2. The first kappa shape index (κ1) is 11.5. The fourth-order valence-electron chi connectivity index (χ4n) is 4.22. The van der Waals surface area contributed by atoms with Crippen LogP contribution in [0.3, 0.4) is 0 Å². The molecule has 0 amide bonds. The van der Waals surface area contributed by atoms with E-state index in [4.69, 9.17) is 0 Å². The Morgan fingerprint density at radius 1 is 1.24 bits per heavy atom. The average molecular weight is 238 g/mol. The highest BCUT2D eigenvalue weighted by Gasteiger charge is 2.49. The van der Waals surface area contributed by atoms with Gasteiger partial charge in [0.1, 0.15) is 0 Å². The minimum atomic E-state index is 0.243. The Hall–Kier alpha value is -0.610. The van der Waals surface area contributed by atoms with Gasteiger partial charge >= 0.3 is 0 Å². The first-order chi connectivity index (χ1) is 8.35.